The van der Waals surface area contributed by atoms with E-state index in [0.717, 1.165) is 4.90 Å². The van der Waals surface area contributed by atoms with E-state index in [2.05, 4.69) is 0 Å². The molecule has 0 aliphatic carbocycles. The number of aliphatic hydroxyl groups is 1. The third kappa shape index (κ3) is 2.73. The Bertz CT molecular complexity index is 336. The second-order valence-electron chi connectivity index (χ2n) is 3.55. The number of rotatable bonds is 3. The number of hydrogen-bond acceptors (Lipinski definition) is 3. The normalized spacial score (nSPS) is 16.2. The van der Waals surface area contributed by atoms with Crippen molar-refractivity contribution in [1.82, 2.24) is 4.90 Å². The Morgan fingerprint density at radius 1 is 1.40 bits per heavy atom. The Labute approximate surface area is 93.1 Å². The van der Waals surface area contributed by atoms with E-state index < -0.39 is 0 Å². The van der Waals surface area contributed by atoms with Gasteiger partial charge >= 0.3 is 0 Å². The highest BCUT2D eigenvalue weighted by Gasteiger charge is 2.28. The maximum Gasteiger partial charge on any atom is 0.233 e. The van der Waals surface area contributed by atoms with Gasteiger partial charge in [0, 0.05) is 18.0 Å². The lowest BCUT2D eigenvalue weighted by atomic mass is 10.2. The van der Waals surface area contributed by atoms with Crippen LogP contribution in [0, 0.1) is 0 Å². The van der Waals surface area contributed by atoms with Gasteiger partial charge in [-0.25, -0.2) is 0 Å². The van der Waals surface area contributed by atoms with E-state index in [4.69, 9.17) is 5.11 Å². The van der Waals surface area contributed by atoms with Gasteiger partial charge in [0.05, 0.1) is 11.9 Å². The van der Waals surface area contributed by atoms with E-state index in [0.29, 0.717) is 18.8 Å². The van der Waals surface area contributed by atoms with E-state index >= 15 is 0 Å². The molecular formula is C11H13NO2S. The molecule has 1 amide bonds. The first-order chi connectivity index (χ1) is 7.25. The van der Waals surface area contributed by atoms with Crippen molar-refractivity contribution < 1.29 is 9.90 Å². The summed E-state index contributed by atoms with van der Waals surface area (Å²) in [7, 11) is 0. The first-order valence-electron chi connectivity index (χ1n) is 4.89. The van der Waals surface area contributed by atoms with Crippen LogP contribution in [0.25, 0.3) is 0 Å². The summed E-state index contributed by atoms with van der Waals surface area (Å²) in [5.74, 6) is 0.561. The molecule has 2 rings (SSSR count). The summed E-state index contributed by atoms with van der Waals surface area (Å²) in [4.78, 5) is 14.3. The predicted molar refractivity (Wildman–Crippen MR) is 59.8 cm³/mol. The smallest absolute Gasteiger partial charge is 0.233 e. The molecule has 0 spiro atoms. The summed E-state index contributed by atoms with van der Waals surface area (Å²) in [6.45, 7) is 0.988. The first-order valence-corrected chi connectivity index (χ1v) is 5.88. The topological polar surface area (TPSA) is 40.5 Å². The molecule has 1 N–H and O–H groups in total. The summed E-state index contributed by atoms with van der Waals surface area (Å²) in [6, 6.07) is 9.85. The number of likely N-dealkylation sites (tertiary alicyclic amines) is 1. The molecular weight excluding hydrogens is 210 g/mol. The van der Waals surface area contributed by atoms with Crippen LogP contribution >= 0.6 is 11.8 Å². The summed E-state index contributed by atoms with van der Waals surface area (Å²) < 4.78 is 0. The highest BCUT2D eigenvalue weighted by atomic mass is 32.2. The molecule has 1 fully saturated rings. The molecule has 4 heteroatoms. The van der Waals surface area contributed by atoms with Crippen LogP contribution in [0.3, 0.4) is 0 Å². The number of benzene rings is 1. The number of nitrogens with zero attached hydrogens (tertiary/aromatic N) is 1. The van der Waals surface area contributed by atoms with Crippen LogP contribution in [0.2, 0.25) is 0 Å². The van der Waals surface area contributed by atoms with Crippen molar-refractivity contribution in [2.45, 2.75) is 11.0 Å². The zero-order chi connectivity index (χ0) is 10.7. The maximum absolute atomic E-state index is 11.5. The van der Waals surface area contributed by atoms with Crippen LogP contribution in [0.15, 0.2) is 35.2 Å². The van der Waals surface area contributed by atoms with E-state index in [1.165, 1.54) is 11.8 Å². The first kappa shape index (κ1) is 10.5. The Morgan fingerprint density at radius 2 is 2.07 bits per heavy atom. The van der Waals surface area contributed by atoms with Gasteiger partial charge < -0.3 is 10.0 Å². The lowest BCUT2D eigenvalue weighted by Crippen LogP contribution is -2.54. The SMILES string of the molecule is O=C(CSc1ccccc1)N1CC(O)C1. The van der Waals surface area contributed by atoms with Gasteiger partial charge in [0.15, 0.2) is 0 Å². The fourth-order valence-electron chi connectivity index (χ4n) is 1.41. The zero-order valence-electron chi connectivity index (χ0n) is 8.30. The van der Waals surface area contributed by atoms with Gasteiger partial charge in [-0.1, -0.05) is 18.2 Å². The van der Waals surface area contributed by atoms with Gasteiger partial charge in [0.25, 0.3) is 0 Å². The summed E-state index contributed by atoms with van der Waals surface area (Å²) in [5.41, 5.74) is 0. The van der Waals surface area contributed by atoms with Crippen molar-refractivity contribution >= 4 is 17.7 Å². The van der Waals surface area contributed by atoms with Gasteiger partial charge in [0.2, 0.25) is 5.91 Å². The molecule has 1 aromatic carbocycles. The van der Waals surface area contributed by atoms with E-state index in [9.17, 15) is 4.79 Å². The molecule has 0 unspecified atom stereocenters. The Morgan fingerprint density at radius 3 is 2.67 bits per heavy atom. The second-order valence-corrected chi connectivity index (χ2v) is 4.60. The van der Waals surface area contributed by atoms with Crippen molar-refractivity contribution in [3.63, 3.8) is 0 Å². The van der Waals surface area contributed by atoms with Crippen molar-refractivity contribution in [3.8, 4) is 0 Å². The third-order valence-electron chi connectivity index (χ3n) is 2.32. The number of β-amino-alcohol motifs (C(OH)–C–C–N with tert-alkyl or cyclic N) is 1. The third-order valence-corrected chi connectivity index (χ3v) is 3.32. The Hall–Kier alpha value is -1.00. The number of hydrogen-bond donors (Lipinski definition) is 1. The standard InChI is InChI=1S/C11H13NO2S/c13-9-6-12(7-9)11(14)8-15-10-4-2-1-3-5-10/h1-5,9,13H,6-8H2. The summed E-state index contributed by atoms with van der Waals surface area (Å²) in [6.07, 6.45) is -0.310. The molecule has 0 aromatic heterocycles. The van der Waals surface area contributed by atoms with E-state index in [-0.39, 0.29) is 12.0 Å². The fraction of sp³-hybridized carbons (Fsp3) is 0.364. The van der Waals surface area contributed by atoms with Crippen molar-refractivity contribution in [3.05, 3.63) is 30.3 Å². The van der Waals surface area contributed by atoms with Crippen LogP contribution < -0.4 is 0 Å². The van der Waals surface area contributed by atoms with Crippen LogP contribution in [0.5, 0.6) is 0 Å². The second kappa shape index (κ2) is 4.68. The predicted octanol–water partition coefficient (Wildman–Crippen LogP) is 0.982. The van der Waals surface area contributed by atoms with Crippen molar-refractivity contribution in [2.75, 3.05) is 18.8 Å². The summed E-state index contributed by atoms with van der Waals surface area (Å²) >= 11 is 1.53. The Balaban J connectivity index is 1.76. The molecule has 0 saturated carbocycles. The number of carbonyl (C=O) groups is 1. The van der Waals surface area contributed by atoms with Gasteiger partial charge in [-0.05, 0) is 12.1 Å². The molecule has 1 saturated heterocycles. The monoisotopic (exact) mass is 223 g/mol. The quantitative estimate of drug-likeness (QED) is 0.777. The fourth-order valence-corrected chi connectivity index (χ4v) is 2.23. The van der Waals surface area contributed by atoms with Crippen LogP contribution in [0.4, 0.5) is 0 Å². The van der Waals surface area contributed by atoms with Gasteiger partial charge in [-0.3, -0.25) is 4.79 Å². The van der Waals surface area contributed by atoms with Crippen molar-refractivity contribution in [2.24, 2.45) is 0 Å². The van der Waals surface area contributed by atoms with E-state index in [1.807, 2.05) is 30.3 Å². The molecule has 80 valence electrons. The van der Waals surface area contributed by atoms with Crippen LogP contribution in [0.1, 0.15) is 0 Å². The minimum Gasteiger partial charge on any atom is -0.389 e. The van der Waals surface area contributed by atoms with Gasteiger partial charge in [-0.15, -0.1) is 11.8 Å². The largest absolute Gasteiger partial charge is 0.389 e. The average Bonchev–Trinajstić information content (AvgIpc) is 2.23. The number of aliphatic hydroxyl groups excluding tert-OH is 1. The average molecular weight is 223 g/mol. The van der Waals surface area contributed by atoms with Gasteiger partial charge in [-0.2, -0.15) is 0 Å². The molecule has 1 aliphatic rings. The van der Waals surface area contributed by atoms with Crippen LogP contribution in [-0.4, -0.2) is 40.9 Å². The minimum absolute atomic E-state index is 0.106. The maximum atomic E-state index is 11.5. The van der Waals surface area contributed by atoms with Crippen LogP contribution in [-0.2, 0) is 4.79 Å². The van der Waals surface area contributed by atoms with Gasteiger partial charge in [0.1, 0.15) is 0 Å². The highest BCUT2D eigenvalue weighted by Crippen LogP contribution is 2.18. The molecule has 0 radical (unpaired) electrons. The lowest BCUT2D eigenvalue weighted by Gasteiger charge is -2.35. The molecule has 0 bridgehead atoms. The Kier molecular flexibility index (Phi) is 3.28. The molecule has 1 heterocycles. The number of carbonyl (C=O) groups excluding carboxylic acids is 1. The zero-order valence-corrected chi connectivity index (χ0v) is 9.11. The highest BCUT2D eigenvalue weighted by molar-refractivity contribution is 8.00. The number of thioether (sulfide) groups is 1. The van der Waals surface area contributed by atoms with E-state index in [1.54, 1.807) is 4.90 Å². The lowest BCUT2D eigenvalue weighted by molar-refractivity contribution is -0.138. The van der Waals surface area contributed by atoms with Crippen molar-refractivity contribution in [1.29, 1.82) is 0 Å². The minimum atomic E-state index is -0.310. The molecule has 1 aromatic rings. The molecule has 15 heavy (non-hydrogen) atoms. The summed E-state index contributed by atoms with van der Waals surface area (Å²) in [5, 5.41) is 9.05. The number of amides is 1. The molecule has 0 atom stereocenters. The molecule has 1 aliphatic heterocycles. The molecule has 3 nitrogen and oxygen atoms in total.